The molecule has 0 spiro atoms. The number of aromatic nitrogens is 1. The van der Waals surface area contributed by atoms with Gasteiger partial charge in [-0.25, -0.2) is 0 Å². The van der Waals surface area contributed by atoms with Crippen LogP contribution in [0.4, 0.5) is 0 Å². The molecule has 0 bridgehead atoms. The Balaban J connectivity index is 0.000000307. The molecule has 40 heavy (non-hydrogen) atoms. The number of nitrogens with zero attached hydrogens (tertiary/aromatic N) is 1. The minimum Gasteiger partial charge on any atom is 0 e. The Bertz CT molecular complexity index is 1430. The summed E-state index contributed by atoms with van der Waals surface area (Å²) >= 11 is 0.300. The second-order valence-electron chi connectivity index (χ2n) is 11.2. The molecule has 1 N–H and O–H groups in total. The summed E-state index contributed by atoms with van der Waals surface area (Å²) in [6, 6.07) is 22.1. The van der Waals surface area contributed by atoms with Crippen molar-refractivity contribution in [2.75, 3.05) is 0 Å². The number of aliphatic hydroxyl groups excluding tert-OH is 1. The maximum atomic E-state index is 11.8. The Morgan fingerprint density at radius 1 is 1.00 bits per heavy atom. The van der Waals surface area contributed by atoms with Gasteiger partial charge >= 0.3 is 147 Å². The Morgan fingerprint density at radius 3 is 2.25 bits per heavy atom. The van der Waals surface area contributed by atoms with Crippen LogP contribution >= 0.6 is 0 Å². The van der Waals surface area contributed by atoms with E-state index in [9.17, 15) is 9.90 Å². The number of carbonyl (C=O) groups is 1. The molecule has 0 aliphatic rings. The number of pyridine rings is 1. The van der Waals surface area contributed by atoms with Gasteiger partial charge in [0.15, 0.2) is 5.78 Å². The molecule has 4 nitrogen and oxygen atoms in total. The van der Waals surface area contributed by atoms with E-state index >= 15 is 0 Å². The molecule has 0 saturated heterocycles. The molecular formula is C34H40IrNO3Se-. The van der Waals surface area contributed by atoms with Gasteiger partial charge in [-0.15, -0.1) is 0 Å². The van der Waals surface area contributed by atoms with E-state index in [0.29, 0.717) is 20.4 Å². The molecule has 0 saturated carbocycles. The van der Waals surface area contributed by atoms with Gasteiger partial charge in [-0.3, -0.25) is 4.79 Å². The van der Waals surface area contributed by atoms with Crippen LogP contribution in [0.5, 0.6) is 11.6 Å². The van der Waals surface area contributed by atoms with E-state index in [-0.39, 0.29) is 42.5 Å². The first-order chi connectivity index (χ1) is 18.3. The van der Waals surface area contributed by atoms with Crippen LogP contribution in [0.15, 0.2) is 72.6 Å². The van der Waals surface area contributed by atoms with Crippen molar-refractivity contribution in [2.45, 2.75) is 68.2 Å². The van der Waals surface area contributed by atoms with Crippen LogP contribution in [0, 0.1) is 30.7 Å². The molecule has 1 radical (unpaired) electrons. The van der Waals surface area contributed by atoms with Crippen LogP contribution in [0.1, 0.15) is 65.5 Å². The molecule has 215 valence electrons. The standard InChI is InChI=1S/C21H16NOSe.C13H24O2.Ir/c1-14-8-15(2)10-18(9-14)23-21-12-17-11-19(24-20(17)13-22-21)16-6-4-3-5-7-16;1-7-12(3,4)10(14)9-11(15)13(5,6)8-2;/h3-9,11-13H,1-2H3;9,14H,7-8H2,1-6H3;/q-1;;/b;10-9-;. The zero-order valence-electron chi connectivity index (χ0n) is 24.7. The quantitative estimate of drug-likeness (QED) is 0.0840. The molecule has 0 aliphatic heterocycles. The first kappa shape index (κ1) is 33.7. The van der Waals surface area contributed by atoms with Crippen LogP contribution in [0.2, 0.25) is 0 Å². The second kappa shape index (κ2) is 14.4. The van der Waals surface area contributed by atoms with Crippen molar-refractivity contribution in [3.05, 3.63) is 89.8 Å². The van der Waals surface area contributed by atoms with Crippen LogP contribution < -0.4 is 4.74 Å². The Kier molecular flexibility index (Phi) is 12.2. The van der Waals surface area contributed by atoms with Gasteiger partial charge < -0.3 is 5.11 Å². The van der Waals surface area contributed by atoms with E-state index < -0.39 is 0 Å². The van der Waals surface area contributed by atoms with E-state index in [2.05, 4.69) is 54.4 Å². The summed E-state index contributed by atoms with van der Waals surface area (Å²) in [5.74, 6) is 1.53. The zero-order chi connectivity index (χ0) is 28.8. The smallest absolute Gasteiger partial charge is 0 e. The van der Waals surface area contributed by atoms with Gasteiger partial charge in [-0.2, -0.15) is 0 Å². The van der Waals surface area contributed by atoms with Crippen molar-refractivity contribution in [2.24, 2.45) is 10.8 Å². The summed E-state index contributed by atoms with van der Waals surface area (Å²) in [6.07, 6.45) is 4.93. The maximum absolute atomic E-state index is 11.8. The zero-order valence-corrected chi connectivity index (χ0v) is 28.8. The Morgan fingerprint density at radius 2 is 1.65 bits per heavy atom. The monoisotopic (exact) mass is 783 g/mol. The number of fused-ring (bicyclic) bond motifs is 1. The SMILES string of the molecule is CCC(C)(C)C(=O)/C=C(\O)C(C)(C)CC.Cc1[c-]c(Oc2cc3cc(-c4ccccc4)[se]c3cn2)cc(C)c1.[Ir]. The van der Waals surface area contributed by atoms with Gasteiger partial charge in [0.1, 0.15) is 5.76 Å². The minimum atomic E-state index is -0.377. The average Bonchev–Trinajstić information content (AvgIpc) is 3.32. The van der Waals surface area contributed by atoms with Gasteiger partial charge in [0.25, 0.3) is 0 Å². The molecule has 0 fully saturated rings. The number of carbonyl (C=O) groups excluding carboxylic acids is 1. The van der Waals surface area contributed by atoms with Crippen LogP contribution in [-0.4, -0.2) is 30.4 Å². The average molecular weight is 782 g/mol. The third kappa shape index (κ3) is 9.01. The van der Waals surface area contributed by atoms with Gasteiger partial charge in [0.2, 0.25) is 0 Å². The van der Waals surface area contributed by atoms with Gasteiger partial charge in [0.05, 0.1) is 0 Å². The van der Waals surface area contributed by atoms with Crippen molar-refractivity contribution in [1.82, 2.24) is 4.98 Å². The normalized spacial score (nSPS) is 11.8. The molecule has 4 rings (SSSR count). The number of hydrogen-bond donors (Lipinski definition) is 1. The van der Waals surface area contributed by atoms with Crippen molar-refractivity contribution < 1.29 is 34.7 Å². The third-order valence-electron chi connectivity index (χ3n) is 7.17. The summed E-state index contributed by atoms with van der Waals surface area (Å²) in [7, 11) is 0. The third-order valence-corrected chi connectivity index (χ3v) is 9.55. The molecule has 2 aromatic heterocycles. The van der Waals surface area contributed by atoms with E-state index in [0.717, 1.165) is 29.7 Å². The fourth-order valence-electron chi connectivity index (χ4n) is 3.62. The van der Waals surface area contributed by atoms with Gasteiger partial charge in [0, 0.05) is 37.0 Å². The number of ketones is 1. The number of ether oxygens (including phenoxy) is 1. The van der Waals surface area contributed by atoms with E-state index in [1.165, 1.54) is 25.7 Å². The van der Waals surface area contributed by atoms with Crippen molar-refractivity contribution in [1.29, 1.82) is 0 Å². The van der Waals surface area contributed by atoms with Crippen molar-refractivity contribution in [3.8, 4) is 21.6 Å². The number of aliphatic hydroxyl groups is 1. The molecule has 2 heterocycles. The summed E-state index contributed by atoms with van der Waals surface area (Å²) < 4.78 is 8.61. The molecule has 2 aromatic carbocycles. The van der Waals surface area contributed by atoms with Crippen molar-refractivity contribution >= 4 is 29.9 Å². The van der Waals surface area contributed by atoms with E-state index in [4.69, 9.17) is 4.74 Å². The predicted molar refractivity (Wildman–Crippen MR) is 163 cm³/mol. The Hall–Kier alpha value is -2.49. The van der Waals surface area contributed by atoms with Gasteiger partial charge in [-0.1, -0.05) is 41.5 Å². The number of aryl methyl sites for hydroxylation is 2. The molecule has 0 atom stereocenters. The molecule has 4 aromatic rings. The summed E-state index contributed by atoms with van der Waals surface area (Å²) in [5.41, 5.74) is 2.84. The number of benzene rings is 2. The van der Waals surface area contributed by atoms with Crippen molar-refractivity contribution in [3.63, 3.8) is 0 Å². The van der Waals surface area contributed by atoms with Gasteiger partial charge in [-0.05, 0) is 12.8 Å². The van der Waals surface area contributed by atoms with E-state index in [1.54, 1.807) is 0 Å². The first-order valence-corrected chi connectivity index (χ1v) is 15.1. The fraction of sp³-hybridized carbons (Fsp3) is 0.353. The van der Waals surface area contributed by atoms with Crippen LogP contribution in [0.25, 0.3) is 19.6 Å². The fourth-order valence-corrected chi connectivity index (χ4v) is 5.76. The molecule has 6 heteroatoms. The van der Waals surface area contributed by atoms with E-state index in [1.807, 2.05) is 72.9 Å². The second-order valence-corrected chi connectivity index (χ2v) is 13.5. The molecule has 0 amide bonds. The molecule has 0 unspecified atom stereocenters. The topological polar surface area (TPSA) is 59.4 Å². The largest absolute Gasteiger partial charge is 0 e. The maximum Gasteiger partial charge on any atom is 0 e. The number of allylic oxidation sites excluding steroid dienone is 2. The summed E-state index contributed by atoms with van der Waals surface area (Å²) in [5, 5.41) is 11.1. The first-order valence-electron chi connectivity index (χ1n) is 13.4. The minimum absolute atomic E-state index is 0. The summed E-state index contributed by atoms with van der Waals surface area (Å²) in [4.78, 5) is 16.3. The molecule has 0 aliphatic carbocycles. The molecular weight excluding hydrogens is 742 g/mol. The Labute approximate surface area is 259 Å². The van der Waals surface area contributed by atoms with Crippen LogP contribution in [0.3, 0.4) is 0 Å². The summed E-state index contributed by atoms with van der Waals surface area (Å²) in [6.45, 7) is 15.7. The number of hydrogen-bond acceptors (Lipinski definition) is 4. The number of rotatable bonds is 8. The predicted octanol–water partition coefficient (Wildman–Crippen LogP) is 9.04. The van der Waals surface area contributed by atoms with Crippen LogP contribution in [-0.2, 0) is 24.9 Å².